The average molecular weight is 263 g/mol. The molecule has 1 aliphatic rings. The minimum atomic E-state index is 0.533. The molecule has 1 aliphatic carbocycles. The third kappa shape index (κ3) is 3.74. The summed E-state index contributed by atoms with van der Waals surface area (Å²) >= 11 is 0. The second kappa shape index (κ2) is 6.96. The normalized spacial score (nSPS) is 18.4. The number of rotatable bonds is 6. The molecule has 0 amide bonds. The Kier molecular flexibility index (Phi) is 5.28. The van der Waals surface area contributed by atoms with Crippen molar-refractivity contribution in [2.75, 3.05) is 19.7 Å². The Hall–Kier alpha value is -1.00. The molecule has 1 atom stereocenters. The molecular weight excluding hydrogens is 238 g/mol. The van der Waals surface area contributed by atoms with Crippen molar-refractivity contribution >= 4 is 0 Å². The molecular formula is C15H25N3O. The first kappa shape index (κ1) is 14.4. The lowest BCUT2D eigenvalue weighted by atomic mass is 9.85. The van der Waals surface area contributed by atoms with Crippen LogP contribution in [0.5, 0.6) is 0 Å². The van der Waals surface area contributed by atoms with E-state index in [1.54, 1.807) is 0 Å². The molecule has 1 heterocycles. The van der Waals surface area contributed by atoms with Crippen LogP contribution >= 0.6 is 0 Å². The van der Waals surface area contributed by atoms with Crippen LogP contribution in [0, 0.1) is 12.8 Å². The van der Waals surface area contributed by atoms with Gasteiger partial charge in [0.1, 0.15) is 6.61 Å². The highest BCUT2D eigenvalue weighted by molar-refractivity contribution is 5.28. The summed E-state index contributed by atoms with van der Waals surface area (Å²) in [5, 5.41) is 3.45. The SMILES string of the molecule is CCNCC1CCc2nc(COCC)nc(C)c2C1. The largest absolute Gasteiger partial charge is 0.374 e. The minimum absolute atomic E-state index is 0.533. The van der Waals surface area contributed by atoms with Crippen molar-refractivity contribution in [2.45, 2.75) is 46.6 Å². The second-order valence-electron chi connectivity index (χ2n) is 5.20. The smallest absolute Gasteiger partial charge is 0.154 e. The summed E-state index contributed by atoms with van der Waals surface area (Å²) in [5.74, 6) is 1.57. The molecule has 0 aromatic carbocycles. The van der Waals surface area contributed by atoms with Gasteiger partial charge in [-0.25, -0.2) is 9.97 Å². The fourth-order valence-electron chi connectivity index (χ4n) is 2.70. The third-order valence-electron chi connectivity index (χ3n) is 3.75. The number of nitrogens with zero attached hydrogens (tertiary/aromatic N) is 2. The van der Waals surface area contributed by atoms with Crippen molar-refractivity contribution in [3.8, 4) is 0 Å². The minimum Gasteiger partial charge on any atom is -0.374 e. The van der Waals surface area contributed by atoms with Crippen molar-refractivity contribution in [1.82, 2.24) is 15.3 Å². The maximum Gasteiger partial charge on any atom is 0.154 e. The summed E-state index contributed by atoms with van der Waals surface area (Å²) in [6, 6.07) is 0. The quantitative estimate of drug-likeness (QED) is 0.853. The lowest BCUT2D eigenvalue weighted by Crippen LogP contribution is -2.28. The molecule has 1 unspecified atom stereocenters. The Morgan fingerprint density at radius 1 is 1.32 bits per heavy atom. The van der Waals surface area contributed by atoms with Gasteiger partial charge in [-0.1, -0.05) is 6.92 Å². The van der Waals surface area contributed by atoms with Gasteiger partial charge >= 0.3 is 0 Å². The second-order valence-corrected chi connectivity index (χ2v) is 5.20. The van der Waals surface area contributed by atoms with E-state index in [1.807, 2.05) is 6.92 Å². The van der Waals surface area contributed by atoms with E-state index in [4.69, 9.17) is 4.74 Å². The molecule has 4 nitrogen and oxygen atoms in total. The van der Waals surface area contributed by atoms with E-state index < -0.39 is 0 Å². The highest BCUT2D eigenvalue weighted by Gasteiger charge is 2.22. The maximum absolute atomic E-state index is 5.40. The molecule has 0 saturated heterocycles. The zero-order valence-corrected chi connectivity index (χ0v) is 12.3. The fourth-order valence-corrected chi connectivity index (χ4v) is 2.70. The number of aryl methyl sites for hydroxylation is 2. The monoisotopic (exact) mass is 263 g/mol. The first-order valence-electron chi connectivity index (χ1n) is 7.38. The van der Waals surface area contributed by atoms with Crippen LogP contribution in [-0.4, -0.2) is 29.7 Å². The van der Waals surface area contributed by atoms with Crippen molar-refractivity contribution < 1.29 is 4.74 Å². The fraction of sp³-hybridized carbons (Fsp3) is 0.733. The van der Waals surface area contributed by atoms with E-state index in [0.29, 0.717) is 13.2 Å². The van der Waals surface area contributed by atoms with E-state index in [2.05, 4.69) is 29.1 Å². The molecule has 0 spiro atoms. The summed E-state index contributed by atoms with van der Waals surface area (Å²) in [4.78, 5) is 9.25. The Morgan fingerprint density at radius 3 is 2.89 bits per heavy atom. The van der Waals surface area contributed by atoms with Crippen LogP contribution in [0.3, 0.4) is 0 Å². The van der Waals surface area contributed by atoms with E-state index in [9.17, 15) is 0 Å². The summed E-state index contributed by atoms with van der Waals surface area (Å²) in [6.07, 6.45) is 3.42. The molecule has 2 rings (SSSR count). The molecule has 0 saturated carbocycles. The maximum atomic E-state index is 5.40. The van der Waals surface area contributed by atoms with Crippen LogP contribution in [0.25, 0.3) is 0 Å². The average Bonchev–Trinajstić information content (AvgIpc) is 2.43. The number of aromatic nitrogens is 2. The summed E-state index contributed by atoms with van der Waals surface area (Å²) in [7, 11) is 0. The molecule has 19 heavy (non-hydrogen) atoms. The van der Waals surface area contributed by atoms with Gasteiger partial charge in [0.05, 0.1) is 0 Å². The van der Waals surface area contributed by atoms with Crippen LogP contribution in [0.15, 0.2) is 0 Å². The van der Waals surface area contributed by atoms with Crippen molar-refractivity contribution in [3.05, 3.63) is 22.8 Å². The lowest BCUT2D eigenvalue weighted by molar-refractivity contribution is 0.128. The van der Waals surface area contributed by atoms with Gasteiger partial charge in [-0.05, 0) is 57.7 Å². The van der Waals surface area contributed by atoms with Crippen LogP contribution < -0.4 is 5.32 Å². The Labute approximate surface area is 116 Å². The number of ether oxygens (including phenoxy) is 1. The van der Waals surface area contributed by atoms with Gasteiger partial charge in [0.15, 0.2) is 5.82 Å². The van der Waals surface area contributed by atoms with Crippen LogP contribution in [0.1, 0.15) is 43.0 Å². The van der Waals surface area contributed by atoms with Gasteiger partial charge in [-0.2, -0.15) is 0 Å². The predicted molar refractivity (Wildman–Crippen MR) is 76.2 cm³/mol. The summed E-state index contributed by atoms with van der Waals surface area (Å²) < 4.78 is 5.40. The van der Waals surface area contributed by atoms with Gasteiger partial charge in [0.25, 0.3) is 0 Å². The highest BCUT2D eigenvalue weighted by Crippen LogP contribution is 2.25. The van der Waals surface area contributed by atoms with Gasteiger partial charge in [0.2, 0.25) is 0 Å². The molecule has 1 aromatic rings. The van der Waals surface area contributed by atoms with Gasteiger partial charge in [-0.15, -0.1) is 0 Å². The molecule has 0 fully saturated rings. The van der Waals surface area contributed by atoms with Crippen LogP contribution in [0.2, 0.25) is 0 Å². The Morgan fingerprint density at radius 2 is 2.16 bits per heavy atom. The van der Waals surface area contributed by atoms with E-state index >= 15 is 0 Å². The lowest BCUT2D eigenvalue weighted by Gasteiger charge is -2.25. The van der Waals surface area contributed by atoms with Crippen LogP contribution in [0.4, 0.5) is 0 Å². The number of fused-ring (bicyclic) bond motifs is 1. The summed E-state index contributed by atoms with van der Waals surface area (Å²) in [5.41, 5.74) is 3.75. The van der Waals surface area contributed by atoms with E-state index in [0.717, 1.165) is 43.4 Å². The standard InChI is InChI=1S/C15H25N3O/c1-4-16-9-12-6-7-14-13(8-12)11(3)17-15(18-14)10-19-5-2/h12,16H,4-10H2,1-3H3. The molecule has 0 bridgehead atoms. The number of hydrogen-bond acceptors (Lipinski definition) is 4. The van der Waals surface area contributed by atoms with Gasteiger partial charge < -0.3 is 10.1 Å². The summed E-state index contributed by atoms with van der Waals surface area (Å²) in [6.45, 7) is 9.66. The molecule has 0 radical (unpaired) electrons. The Balaban J connectivity index is 2.08. The predicted octanol–water partition coefficient (Wildman–Crippen LogP) is 2.04. The number of hydrogen-bond donors (Lipinski definition) is 1. The first-order valence-corrected chi connectivity index (χ1v) is 7.38. The van der Waals surface area contributed by atoms with Crippen molar-refractivity contribution in [2.24, 2.45) is 5.92 Å². The Bertz CT molecular complexity index is 420. The van der Waals surface area contributed by atoms with E-state index in [1.165, 1.54) is 17.7 Å². The highest BCUT2D eigenvalue weighted by atomic mass is 16.5. The van der Waals surface area contributed by atoms with Crippen molar-refractivity contribution in [1.29, 1.82) is 0 Å². The molecule has 1 aromatic heterocycles. The topological polar surface area (TPSA) is 47.0 Å². The third-order valence-corrected chi connectivity index (χ3v) is 3.75. The van der Waals surface area contributed by atoms with Crippen molar-refractivity contribution in [3.63, 3.8) is 0 Å². The zero-order chi connectivity index (χ0) is 13.7. The van der Waals surface area contributed by atoms with Crippen LogP contribution in [-0.2, 0) is 24.2 Å². The molecule has 0 aliphatic heterocycles. The molecule has 1 N–H and O–H groups in total. The molecule has 106 valence electrons. The van der Waals surface area contributed by atoms with Gasteiger partial charge in [0, 0.05) is 18.0 Å². The van der Waals surface area contributed by atoms with Gasteiger partial charge in [-0.3, -0.25) is 0 Å². The van der Waals surface area contributed by atoms with E-state index in [-0.39, 0.29) is 0 Å². The molecule has 4 heteroatoms. The zero-order valence-electron chi connectivity index (χ0n) is 12.3. The first-order chi connectivity index (χ1) is 9.24. The number of nitrogens with one attached hydrogen (secondary N) is 1.